The molecule has 1 aliphatic rings. The minimum Gasteiger partial charge on any atom is -0.388 e. The molecular weight excluding hydrogens is 224 g/mol. The van der Waals surface area contributed by atoms with E-state index in [0.717, 1.165) is 25.1 Å². The molecule has 0 aromatic carbocycles. The molecule has 1 atom stereocenters. The van der Waals surface area contributed by atoms with Gasteiger partial charge in [0.25, 0.3) is 0 Å². The molecule has 1 fully saturated rings. The molecular formula is C12H17ClN2O. The summed E-state index contributed by atoms with van der Waals surface area (Å²) in [5, 5.41) is 10.8. The number of aromatic nitrogens is 1. The number of hydrogen-bond acceptors (Lipinski definition) is 3. The first kappa shape index (κ1) is 11.7. The van der Waals surface area contributed by atoms with Gasteiger partial charge in [-0.15, -0.1) is 0 Å². The molecule has 0 bridgehead atoms. The van der Waals surface area contributed by atoms with Crippen LogP contribution in [0, 0.1) is 0 Å². The highest BCUT2D eigenvalue weighted by atomic mass is 35.5. The molecule has 0 unspecified atom stereocenters. The Hall–Kier alpha value is -0.800. The summed E-state index contributed by atoms with van der Waals surface area (Å²) >= 11 is 6.13. The van der Waals surface area contributed by atoms with Gasteiger partial charge in [0.2, 0.25) is 0 Å². The Bertz CT molecular complexity index is 376. The zero-order valence-electron chi connectivity index (χ0n) is 9.65. The fraction of sp³-hybridized carbons (Fsp3) is 0.583. The van der Waals surface area contributed by atoms with Crippen LogP contribution >= 0.6 is 11.6 Å². The van der Waals surface area contributed by atoms with Crippen LogP contribution in [0.1, 0.15) is 26.7 Å². The summed E-state index contributed by atoms with van der Waals surface area (Å²) in [6.45, 7) is 4.65. The van der Waals surface area contributed by atoms with Crippen LogP contribution in [-0.2, 0) is 0 Å². The van der Waals surface area contributed by atoms with Crippen LogP contribution in [0.2, 0.25) is 5.02 Å². The molecule has 1 saturated heterocycles. The van der Waals surface area contributed by atoms with Crippen LogP contribution in [0.4, 0.5) is 5.69 Å². The lowest BCUT2D eigenvalue weighted by molar-refractivity contribution is 0.0535. The average Bonchev–Trinajstić information content (AvgIpc) is 2.66. The van der Waals surface area contributed by atoms with Crippen LogP contribution in [0.25, 0.3) is 0 Å². The molecule has 1 N–H and O–H groups in total. The molecule has 1 aromatic heterocycles. The fourth-order valence-corrected chi connectivity index (χ4v) is 2.62. The molecule has 0 saturated carbocycles. The average molecular weight is 241 g/mol. The Balaban J connectivity index is 2.31. The van der Waals surface area contributed by atoms with Gasteiger partial charge in [0, 0.05) is 18.9 Å². The van der Waals surface area contributed by atoms with Crippen molar-refractivity contribution < 1.29 is 5.11 Å². The van der Waals surface area contributed by atoms with Crippen molar-refractivity contribution in [3.63, 3.8) is 0 Å². The molecule has 4 heteroatoms. The minimum atomic E-state index is -0.705. The van der Waals surface area contributed by atoms with E-state index in [1.807, 2.05) is 19.9 Å². The lowest BCUT2D eigenvalue weighted by Crippen LogP contribution is -2.45. The molecule has 0 radical (unpaired) electrons. The van der Waals surface area contributed by atoms with Gasteiger partial charge in [-0.2, -0.15) is 0 Å². The maximum Gasteiger partial charge on any atom is 0.0822 e. The van der Waals surface area contributed by atoms with E-state index in [4.69, 9.17) is 11.6 Å². The molecule has 16 heavy (non-hydrogen) atoms. The number of aliphatic hydroxyl groups is 1. The summed E-state index contributed by atoms with van der Waals surface area (Å²) in [6, 6.07) is 2.04. The SMILES string of the molecule is CC(C)(O)[C@H]1CCCN1c1ccncc1Cl. The van der Waals surface area contributed by atoms with E-state index in [0.29, 0.717) is 5.02 Å². The van der Waals surface area contributed by atoms with Gasteiger partial charge in [-0.05, 0) is 32.8 Å². The van der Waals surface area contributed by atoms with E-state index in [1.54, 1.807) is 12.4 Å². The van der Waals surface area contributed by atoms with Crippen molar-refractivity contribution in [3.8, 4) is 0 Å². The Morgan fingerprint density at radius 3 is 2.94 bits per heavy atom. The van der Waals surface area contributed by atoms with Crippen molar-refractivity contribution >= 4 is 17.3 Å². The molecule has 2 heterocycles. The lowest BCUT2D eigenvalue weighted by Gasteiger charge is -2.35. The van der Waals surface area contributed by atoms with Gasteiger partial charge in [0.1, 0.15) is 0 Å². The molecule has 1 aliphatic heterocycles. The third-order valence-electron chi connectivity index (χ3n) is 3.13. The van der Waals surface area contributed by atoms with Gasteiger partial charge in [-0.25, -0.2) is 0 Å². The topological polar surface area (TPSA) is 36.4 Å². The van der Waals surface area contributed by atoms with Crippen LogP contribution in [0.5, 0.6) is 0 Å². The number of nitrogens with zero attached hydrogens (tertiary/aromatic N) is 2. The first-order valence-electron chi connectivity index (χ1n) is 5.58. The van der Waals surface area contributed by atoms with E-state index in [9.17, 15) is 5.11 Å². The smallest absolute Gasteiger partial charge is 0.0822 e. The first-order chi connectivity index (χ1) is 7.50. The van der Waals surface area contributed by atoms with E-state index in [2.05, 4.69) is 9.88 Å². The Labute approximate surface area is 101 Å². The number of anilines is 1. The molecule has 2 rings (SSSR count). The zero-order valence-corrected chi connectivity index (χ0v) is 10.4. The van der Waals surface area contributed by atoms with Crippen molar-refractivity contribution in [1.29, 1.82) is 0 Å². The zero-order chi connectivity index (χ0) is 11.8. The van der Waals surface area contributed by atoms with Crippen molar-refractivity contribution in [1.82, 2.24) is 4.98 Å². The monoisotopic (exact) mass is 240 g/mol. The Morgan fingerprint density at radius 2 is 2.31 bits per heavy atom. The van der Waals surface area contributed by atoms with Gasteiger partial charge < -0.3 is 10.0 Å². The largest absolute Gasteiger partial charge is 0.388 e. The second kappa shape index (κ2) is 4.22. The summed E-state index contributed by atoms with van der Waals surface area (Å²) in [7, 11) is 0. The summed E-state index contributed by atoms with van der Waals surface area (Å²) < 4.78 is 0. The fourth-order valence-electron chi connectivity index (χ4n) is 2.39. The van der Waals surface area contributed by atoms with E-state index in [1.165, 1.54) is 0 Å². The standard InChI is InChI=1S/C12H17ClN2O/c1-12(2,16)11-4-3-7-15(11)10-5-6-14-8-9(10)13/h5-6,8,11,16H,3-4,7H2,1-2H3/t11-/m1/s1. The Kier molecular flexibility index (Phi) is 3.08. The minimum absolute atomic E-state index is 0.132. The number of hydrogen-bond donors (Lipinski definition) is 1. The second-order valence-electron chi connectivity index (χ2n) is 4.83. The summed E-state index contributed by atoms with van der Waals surface area (Å²) in [5.41, 5.74) is 0.268. The van der Waals surface area contributed by atoms with Crippen molar-refractivity contribution in [3.05, 3.63) is 23.5 Å². The van der Waals surface area contributed by atoms with Crippen molar-refractivity contribution in [2.24, 2.45) is 0 Å². The maximum absolute atomic E-state index is 10.1. The summed E-state index contributed by atoms with van der Waals surface area (Å²) in [5.74, 6) is 0. The molecule has 0 amide bonds. The molecule has 88 valence electrons. The maximum atomic E-state index is 10.1. The van der Waals surface area contributed by atoms with E-state index in [-0.39, 0.29) is 6.04 Å². The van der Waals surface area contributed by atoms with Crippen LogP contribution < -0.4 is 4.90 Å². The molecule has 1 aromatic rings. The number of pyridine rings is 1. The molecule has 0 aliphatic carbocycles. The van der Waals surface area contributed by atoms with Crippen LogP contribution in [0.15, 0.2) is 18.5 Å². The number of halogens is 1. The molecule has 3 nitrogen and oxygen atoms in total. The van der Waals surface area contributed by atoms with Gasteiger partial charge in [0.05, 0.1) is 22.4 Å². The predicted molar refractivity (Wildman–Crippen MR) is 65.9 cm³/mol. The summed E-state index contributed by atoms with van der Waals surface area (Å²) in [6.07, 6.45) is 5.48. The van der Waals surface area contributed by atoms with Crippen molar-refractivity contribution in [2.45, 2.75) is 38.3 Å². The van der Waals surface area contributed by atoms with Crippen LogP contribution in [-0.4, -0.2) is 28.3 Å². The second-order valence-corrected chi connectivity index (χ2v) is 5.24. The van der Waals surface area contributed by atoms with E-state index >= 15 is 0 Å². The van der Waals surface area contributed by atoms with Crippen LogP contribution in [0.3, 0.4) is 0 Å². The number of rotatable bonds is 2. The Morgan fingerprint density at radius 1 is 1.56 bits per heavy atom. The quantitative estimate of drug-likeness (QED) is 0.863. The summed E-state index contributed by atoms with van der Waals surface area (Å²) in [4.78, 5) is 6.17. The predicted octanol–water partition coefficient (Wildman–Crippen LogP) is 2.47. The normalized spacial score (nSPS) is 21.5. The highest BCUT2D eigenvalue weighted by molar-refractivity contribution is 6.33. The van der Waals surface area contributed by atoms with Gasteiger partial charge in [0.15, 0.2) is 0 Å². The lowest BCUT2D eigenvalue weighted by atomic mass is 9.96. The third kappa shape index (κ3) is 2.15. The molecule has 0 spiro atoms. The van der Waals surface area contributed by atoms with Gasteiger partial charge in [-0.1, -0.05) is 11.6 Å². The third-order valence-corrected chi connectivity index (χ3v) is 3.42. The highest BCUT2D eigenvalue weighted by Crippen LogP contribution is 2.34. The highest BCUT2D eigenvalue weighted by Gasteiger charge is 2.36. The van der Waals surface area contributed by atoms with Gasteiger partial charge >= 0.3 is 0 Å². The van der Waals surface area contributed by atoms with E-state index < -0.39 is 5.60 Å². The first-order valence-corrected chi connectivity index (χ1v) is 5.96. The van der Waals surface area contributed by atoms with Crippen molar-refractivity contribution in [2.75, 3.05) is 11.4 Å². The van der Waals surface area contributed by atoms with Gasteiger partial charge in [-0.3, -0.25) is 4.98 Å².